The second-order valence-electron chi connectivity index (χ2n) is 5.92. The van der Waals surface area contributed by atoms with E-state index in [0.717, 1.165) is 17.0 Å². The van der Waals surface area contributed by atoms with E-state index < -0.39 is 5.82 Å². The maximum Gasteiger partial charge on any atom is 0.255 e. The van der Waals surface area contributed by atoms with E-state index in [4.69, 9.17) is 16.3 Å². The number of pyridine rings is 1. The number of carbonyl (C=O) groups is 1. The van der Waals surface area contributed by atoms with E-state index in [1.54, 1.807) is 4.90 Å². The Morgan fingerprint density at radius 3 is 2.76 bits per heavy atom. The predicted molar refractivity (Wildman–Crippen MR) is 93.5 cm³/mol. The molecule has 126 valence electrons. The Hall–Kier alpha value is -2.66. The molecule has 2 aromatic carbocycles. The SMILES string of the molecule is O=C(c1ccc(F)cc1Cl)N1CC(Oc2ccc3ccccc3n2)C1. The molecule has 1 aliphatic rings. The summed E-state index contributed by atoms with van der Waals surface area (Å²) in [6.07, 6.45) is -0.114. The molecule has 1 aromatic heterocycles. The van der Waals surface area contributed by atoms with Gasteiger partial charge in [-0.3, -0.25) is 4.79 Å². The Morgan fingerprint density at radius 1 is 1.16 bits per heavy atom. The number of carbonyl (C=O) groups excluding carboxylic acids is 1. The molecule has 0 atom stereocenters. The monoisotopic (exact) mass is 356 g/mol. The molecule has 1 aliphatic heterocycles. The fraction of sp³-hybridized carbons (Fsp3) is 0.158. The van der Waals surface area contributed by atoms with Gasteiger partial charge in [0.15, 0.2) is 0 Å². The second-order valence-corrected chi connectivity index (χ2v) is 6.32. The molecular weight excluding hydrogens is 343 g/mol. The van der Waals surface area contributed by atoms with Crippen molar-refractivity contribution in [1.29, 1.82) is 0 Å². The summed E-state index contributed by atoms with van der Waals surface area (Å²) in [6, 6.07) is 15.3. The van der Waals surface area contributed by atoms with Crippen LogP contribution >= 0.6 is 11.6 Å². The molecule has 6 heteroatoms. The summed E-state index contributed by atoms with van der Waals surface area (Å²) in [7, 11) is 0. The van der Waals surface area contributed by atoms with Gasteiger partial charge in [0.05, 0.1) is 29.2 Å². The number of halogens is 2. The Kier molecular flexibility index (Phi) is 4.01. The van der Waals surface area contributed by atoms with Crippen LogP contribution < -0.4 is 4.74 Å². The van der Waals surface area contributed by atoms with Crippen LogP contribution in [-0.2, 0) is 0 Å². The molecule has 0 N–H and O–H groups in total. The number of benzene rings is 2. The van der Waals surface area contributed by atoms with Gasteiger partial charge in [-0.25, -0.2) is 9.37 Å². The molecule has 25 heavy (non-hydrogen) atoms. The number of ether oxygens (including phenoxy) is 1. The summed E-state index contributed by atoms with van der Waals surface area (Å²) in [5.74, 6) is -0.152. The van der Waals surface area contributed by atoms with Crippen molar-refractivity contribution in [3.63, 3.8) is 0 Å². The Morgan fingerprint density at radius 2 is 1.96 bits per heavy atom. The van der Waals surface area contributed by atoms with Crippen LogP contribution in [0.25, 0.3) is 10.9 Å². The summed E-state index contributed by atoms with van der Waals surface area (Å²) in [5, 5.41) is 1.16. The topological polar surface area (TPSA) is 42.4 Å². The summed E-state index contributed by atoms with van der Waals surface area (Å²) in [6.45, 7) is 0.891. The van der Waals surface area contributed by atoms with E-state index in [2.05, 4.69) is 4.98 Å². The normalized spacial score (nSPS) is 14.4. The summed E-state index contributed by atoms with van der Waals surface area (Å²) < 4.78 is 18.9. The molecule has 4 nitrogen and oxygen atoms in total. The van der Waals surface area contributed by atoms with Gasteiger partial charge in [-0.05, 0) is 30.3 Å². The van der Waals surface area contributed by atoms with Crippen LogP contribution in [0.5, 0.6) is 5.88 Å². The maximum atomic E-state index is 13.1. The van der Waals surface area contributed by atoms with E-state index in [1.807, 2.05) is 36.4 Å². The van der Waals surface area contributed by atoms with Crippen molar-refractivity contribution < 1.29 is 13.9 Å². The third kappa shape index (κ3) is 3.15. The van der Waals surface area contributed by atoms with E-state index in [-0.39, 0.29) is 17.0 Å². The van der Waals surface area contributed by atoms with Crippen molar-refractivity contribution in [2.24, 2.45) is 0 Å². The molecule has 2 heterocycles. The first kappa shape index (κ1) is 15.8. The van der Waals surface area contributed by atoms with Crippen molar-refractivity contribution in [2.45, 2.75) is 6.10 Å². The van der Waals surface area contributed by atoms with Gasteiger partial charge in [-0.2, -0.15) is 0 Å². The lowest BCUT2D eigenvalue weighted by Crippen LogP contribution is -2.56. The molecule has 0 aliphatic carbocycles. The second kappa shape index (κ2) is 6.33. The lowest BCUT2D eigenvalue weighted by atomic mass is 10.1. The Balaban J connectivity index is 1.40. The molecule has 1 fully saturated rings. The number of likely N-dealkylation sites (tertiary alicyclic amines) is 1. The molecule has 0 radical (unpaired) electrons. The molecule has 0 spiro atoms. The highest BCUT2D eigenvalue weighted by atomic mass is 35.5. The van der Waals surface area contributed by atoms with E-state index in [0.29, 0.717) is 24.5 Å². The number of para-hydroxylation sites is 1. The van der Waals surface area contributed by atoms with Gasteiger partial charge >= 0.3 is 0 Å². The van der Waals surface area contributed by atoms with Gasteiger partial charge < -0.3 is 9.64 Å². The number of hydrogen-bond acceptors (Lipinski definition) is 3. The van der Waals surface area contributed by atoms with Crippen molar-refractivity contribution in [3.8, 4) is 5.88 Å². The summed E-state index contributed by atoms with van der Waals surface area (Å²) >= 11 is 5.94. The molecule has 0 saturated carbocycles. The van der Waals surface area contributed by atoms with Crippen molar-refractivity contribution in [2.75, 3.05) is 13.1 Å². The van der Waals surface area contributed by atoms with Gasteiger partial charge in [0.25, 0.3) is 5.91 Å². The zero-order valence-electron chi connectivity index (χ0n) is 13.2. The average Bonchev–Trinajstić information content (AvgIpc) is 2.57. The highest BCUT2D eigenvalue weighted by Crippen LogP contribution is 2.24. The van der Waals surface area contributed by atoms with E-state index >= 15 is 0 Å². The number of nitrogens with zero attached hydrogens (tertiary/aromatic N) is 2. The minimum Gasteiger partial charge on any atom is -0.471 e. The van der Waals surface area contributed by atoms with Crippen LogP contribution in [0.15, 0.2) is 54.6 Å². The van der Waals surface area contributed by atoms with Crippen molar-refractivity contribution in [1.82, 2.24) is 9.88 Å². The number of rotatable bonds is 3. The number of fused-ring (bicyclic) bond motifs is 1. The van der Waals surface area contributed by atoms with Crippen LogP contribution in [0, 0.1) is 5.82 Å². The number of hydrogen-bond donors (Lipinski definition) is 0. The minimum absolute atomic E-state index is 0.114. The van der Waals surface area contributed by atoms with Crippen LogP contribution in [-0.4, -0.2) is 35.0 Å². The summed E-state index contributed by atoms with van der Waals surface area (Å²) in [5.41, 5.74) is 1.16. The van der Waals surface area contributed by atoms with Crippen LogP contribution in [0.2, 0.25) is 5.02 Å². The lowest BCUT2D eigenvalue weighted by Gasteiger charge is -2.38. The highest BCUT2D eigenvalue weighted by molar-refractivity contribution is 6.33. The van der Waals surface area contributed by atoms with E-state index in [1.165, 1.54) is 12.1 Å². The molecule has 1 saturated heterocycles. The largest absolute Gasteiger partial charge is 0.471 e. The van der Waals surface area contributed by atoms with Gasteiger partial charge in [0.2, 0.25) is 5.88 Å². The first-order valence-corrected chi connectivity index (χ1v) is 8.25. The van der Waals surface area contributed by atoms with Gasteiger partial charge in [-0.15, -0.1) is 0 Å². The molecule has 0 unspecified atom stereocenters. The number of amides is 1. The van der Waals surface area contributed by atoms with Crippen LogP contribution in [0.3, 0.4) is 0 Å². The molecule has 0 bridgehead atoms. The Bertz CT molecular complexity index is 957. The standard InChI is InChI=1S/C19H14ClFN2O2/c20-16-9-13(21)6-7-15(16)19(24)23-10-14(11-23)25-18-8-5-12-3-1-2-4-17(12)22-18/h1-9,14H,10-11H2. The predicted octanol–water partition coefficient (Wildman–Crippen LogP) is 3.93. The molecule has 4 rings (SSSR count). The maximum absolute atomic E-state index is 13.1. The van der Waals surface area contributed by atoms with Gasteiger partial charge in [0.1, 0.15) is 11.9 Å². The zero-order chi connectivity index (χ0) is 17.4. The average molecular weight is 357 g/mol. The third-order valence-corrected chi connectivity index (χ3v) is 4.47. The van der Waals surface area contributed by atoms with Crippen LogP contribution in [0.1, 0.15) is 10.4 Å². The van der Waals surface area contributed by atoms with Gasteiger partial charge in [0, 0.05) is 11.5 Å². The minimum atomic E-state index is -0.464. The fourth-order valence-corrected chi connectivity index (χ4v) is 3.04. The first-order chi connectivity index (χ1) is 12.1. The molecule has 1 amide bonds. The highest BCUT2D eigenvalue weighted by Gasteiger charge is 2.33. The van der Waals surface area contributed by atoms with Gasteiger partial charge in [-0.1, -0.05) is 29.8 Å². The van der Waals surface area contributed by atoms with Crippen LogP contribution in [0.4, 0.5) is 4.39 Å². The van der Waals surface area contributed by atoms with Crippen molar-refractivity contribution >= 4 is 28.4 Å². The summed E-state index contributed by atoms with van der Waals surface area (Å²) in [4.78, 5) is 18.5. The lowest BCUT2D eigenvalue weighted by molar-refractivity contribution is 0.0161. The number of aromatic nitrogens is 1. The molecule has 3 aromatic rings. The molecular formula is C19H14ClFN2O2. The fourth-order valence-electron chi connectivity index (χ4n) is 2.80. The Labute approximate surface area is 148 Å². The smallest absolute Gasteiger partial charge is 0.255 e. The third-order valence-electron chi connectivity index (χ3n) is 4.16. The first-order valence-electron chi connectivity index (χ1n) is 7.87. The van der Waals surface area contributed by atoms with E-state index in [9.17, 15) is 9.18 Å². The van der Waals surface area contributed by atoms with Crippen molar-refractivity contribution in [3.05, 3.63) is 71.0 Å². The zero-order valence-corrected chi connectivity index (χ0v) is 13.9. The quantitative estimate of drug-likeness (QED) is 0.714.